The molecule has 5 N–H and O–H groups in total. The highest BCUT2D eigenvalue weighted by Crippen LogP contribution is 2.32. The van der Waals surface area contributed by atoms with E-state index in [1.165, 1.54) is 12.1 Å². The predicted octanol–water partition coefficient (Wildman–Crippen LogP) is 1.82. The van der Waals surface area contributed by atoms with Crippen LogP contribution in [-0.4, -0.2) is 27.6 Å². The fourth-order valence-corrected chi connectivity index (χ4v) is 2.75. The highest BCUT2D eigenvalue weighted by atomic mass is 16.4. The Morgan fingerprint density at radius 2 is 2.00 bits per heavy atom. The Kier molecular flexibility index (Phi) is 4.35. The molecule has 1 fully saturated rings. The second-order valence-corrected chi connectivity index (χ2v) is 5.72. The molecular weight excluding hydrogens is 270 g/mol. The van der Waals surface area contributed by atoms with Crippen molar-refractivity contribution >= 4 is 11.7 Å². The largest absolute Gasteiger partial charge is 0.507 e. The van der Waals surface area contributed by atoms with E-state index in [1.54, 1.807) is 12.1 Å². The molecular formula is C15H21N3O3. The molecule has 1 aromatic rings. The summed E-state index contributed by atoms with van der Waals surface area (Å²) in [6.45, 7) is 2.14. The maximum atomic E-state index is 12.4. The number of aromatic hydroxyl groups is 1. The number of amides is 1. The molecule has 0 bridgehead atoms. The van der Waals surface area contributed by atoms with Crippen LogP contribution in [0, 0.1) is 5.92 Å². The van der Waals surface area contributed by atoms with Gasteiger partial charge in [0.25, 0.3) is 5.91 Å². The SMILES string of the molecule is CC1CCC(NC(=O)c2ccccc2O)(/C(N)=N/O)CC1. The van der Waals surface area contributed by atoms with Crippen LogP contribution in [0.15, 0.2) is 29.4 Å². The Labute approximate surface area is 123 Å². The summed E-state index contributed by atoms with van der Waals surface area (Å²) in [7, 11) is 0. The smallest absolute Gasteiger partial charge is 0.255 e. The summed E-state index contributed by atoms with van der Waals surface area (Å²) in [5.41, 5.74) is 5.15. The third kappa shape index (κ3) is 3.09. The van der Waals surface area contributed by atoms with E-state index in [1.807, 2.05) is 0 Å². The highest BCUT2D eigenvalue weighted by Gasteiger charge is 2.40. The first kappa shape index (κ1) is 15.2. The Hall–Kier alpha value is -2.24. The maximum absolute atomic E-state index is 12.4. The number of benzene rings is 1. The quantitative estimate of drug-likeness (QED) is 0.295. The lowest BCUT2D eigenvalue weighted by atomic mass is 9.76. The van der Waals surface area contributed by atoms with E-state index in [0.29, 0.717) is 18.8 Å². The van der Waals surface area contributed by atoms with Crippen LogP contribution in [0.3, 0.4) is 0 Å². The summed E-state index contributed by atoms with van der Waals surface area (Å²) in [5.74, 6) is 0.0490. The summed E-state index contributed by atoms with van der Waals surface area (Å²) in [6, 6.07) is 6.31. The summed E-state index contributed by atoms with van der Waals surface area (Å²) in [6.07, 6.45) is 3.00. The number of carbonyl (C=O) groups is 1. The van der Waals surface area contributed by atoms with E-state index in [-0.39, 0.29) is 17.1 Å². The molecule has 1 aliphatic carbocycles. The minimum atomic E-state index is -0.847. The molecule has 0 heterocycles. The minimum absolute atomic E-state index is 0.0122. The lowest BCUT2D eigenvalue weighted by Crippen LogP contribution is -2.59. The first-order valence-corrected chi connectivity index (χ1v) is 7.07. The molecule has 1 aromatic carbocycles. The molecule has 6 heteroatoms. The van der Waals surface area contributed by atoms with Crippen LogP contribution in [0.5, 0.6) is 5.75 Å². The standard InChI is InChI=1S/C15H21N3O3/c1-10-6-8-15(9-7-10,14(16)18-21)17-13(20)11-4-2-3-5-12(11)19/h2-5,10,19,21H,6-9H2,1H3,(H2,16,18)(H,17,20). The van der Waals surface area contributed by atoms with Gasteiger partial charge in [-0.1, -0.05) is 24.2 Å². The zero-order valence-electron chi connectivity index (χ0n) is 12.0. The van der Waals surface area contributed by atoms with Crippen LogP contribution in [-0.2, 0) is 0 Å². The zero-order valence-corrected chi connectivity index (χ0v) is 12.0. The number of hydrogen-bond donors (Lipinski definition) is 4. The lowest BCUT2D eigenvalue weighted by Gasteiger charge is -2.39. The van der Waals surface area contributed by atoms with Gasteiger partial charge in [0.2, 0.25) is 0 Å². The molecule has 6 nitrogen and oxygen atoms in total. The fourth-order valence-electron chi connectivity index (χ4n) is 2.75. The fraction of sp³-hybridized carbons (Fsp3) is 0.467. The van der Waals surface area contributed by atoms with Crippen molar-refractivity contribution in [2.24, 2.45) is 16.8 Å². The van der Waals surface area contributed by atoms with Crippen molar-refractivity contribution in [3.05, 3.63) is 29.8 Å². The third-order valence-electron chi connectivity index (χ3n) is 4.23. The molecule has 0 aliphatic heterocycles. The number of oxime groups is 1. The van der Waals surface area contributed by atoms with Gasteiger partial charge in [-0.05, 0) is 43.7 Å². The topological polar surface area (TPSA) is 108 Å². The van der Waals surface area contributed by atoms with Gasteiger partial charge in [0, 0.05) is 0 Å². The number of phenols is 1. The van der Waals surface area contributed by atoms with Crippen molar-refractivity contribution in [1.29, 1.82) is 0 Å². The second kappa shape index (κ2) is 6.03. The number of hydrogen-bond acceptors (Lipinski definition) is 4. The normalized spacial score (nSPS) is 26.3. The van der Waals surface area contributed by atoms with E-state index >= 15 is 0 Å². The van der Waals surface area contributed by atoms with Crippen LogP contribution < -0.4 is 11.1 Å². The third-order valence-corrected chi connectivity index (χ3v) is 4.23. The molecule has 21 heavy (non-hydrogen) atoms. The van der Waals surface area contributed by atoms with Crippen molar-refractivity contribution in [3.63, 3.8) is 0 Å². The summed E-state index contributed by atoms with van der Waals surface area (Å²) in [5, 5.41) is 24.7. The average molecular weight is 291 g/mol. The maximum Gasteiger partial charge on any atom is 0.255 e. The van der Waals surface area contributed by atoms with Crippen molar-refractivity contribution in [3.8, 4) is 5.75 Å². The van der Waals surface area contributed by atoms with Gasteiger partial charge in [-0.15, -0.1) is 0 Å². The Morgan fingerprint density at radius 1 is 1.38 bits per heavy atom. The lowest BCUT2D eigenvalue weighted by molar-refractivity contribution is 0.0895. The summed E-state index contributed by atoms with van der Waals surface area (Å²) in [4.78, 5) is 12.4. The highest BCUT2D eigenvalue weighted by molar-refractivity contribution is 6.01. The zero-order chi connectivity index (χ0) is 15.5. The van der Waals surface area contributed by atoms with Crippen molar-refractivity contribution in [2.45, 2.75) is 38.1 Å². The molecule has 0 spiro atoms. The number of rotatable bonds is 3. The average Bonchev–Trinajstić information content (AvgIpc) is 2.49. The van der Waals surface area contributed by atoms with Gasteiger partial charge >= 0.3 is 0 Å². The summed E-state index contributed by atoms with van der Waals surface area (Å²) < 4.78 is 0. The van der Waals surface area contributed by atoms with E-state index in [9.17, 15) is 9.90 Å². The van der Waals surface area contributed by atoms with Crippen molar-refractivity contribution < 1.29 is 15.1 Å². The van der Waals surface area contributed by atoms with Crippen LogP contribution >= 0.6 is 0 Å². The van der Waals surface area contributed by atoms with E-state index in [0.717, 1.165) is 12.8 Å². The van der Waals surface area contributed by atoms with Gasteiger partial charge in [0.15, 0.2) is 5.84 Å². The Bertz CT molecular complexity index is 549. The molecule has 114 valence electrons. The van der Waals surface area contributed by atoms with E-state index < -0.39 is 11.4 Å². The van der Waals surface area contributed by atoms with Crippen LogP contribution in [0.25, 0.3) is 0 Å². The van der Waals surface area contributed by atoms with Gasteiger partial charge in [0.1, 0.15) is 11.3 Å². The van der Waals surface area contributed by atoms with Gasteiger partial charge in [0.05, 0.1) is 5.56 Å². The number of carbonyl (C=O) groups excluding carboxylic acids is 1. The van der Waals surface area contributed by atoms with E-state index in [2.05, 4.69) is 17.4 Å². The van der Waals surface area contributed by atoms with Crippen molar-refractivity contribution in [1.82, 2.24) is 5.32 Å². The minimum Gasteiger partial charge on any atom is -0.507 e. The number of para-hydroxylation sites is 1. The van der Waals surface area contributed by atoms with Crippen LogP contribution in [0.1, 0.15) is 43.0 Å². The van der Waals surface area contributed by atoms with Gasteiger partial charge in [-0.2, -0.15) is 0 Å². The van der Waals surface area contributed by atoms with Gasteiger partial charge in [-0.25, -0.2) is 0 Å². The molecule has 0 atom stereocenters. The first-order chi connectivity index (χ1) is 9.98. The predicted molar refractivity (Wildman–Crippen MR) is 79.3 cm³/mol. The molecule has 2 rings (SSSR count). The number of nitrogens with one attached hydrogen (secondary N) is 1. The Balaban J connectivity index is 2.24. The molecule has 0 saturated heterocycles. The molecule has 0 radical (unpaired) electrons. The number of amidine groups is 1. The van der Waals surface area contributed by atoms with Gasteiger partial charge < -0.3 is 21.4 Å². The van der Waals surface area contributed by atoms with Crippen LogP contribution in [0.4, 0.5) is 0 Å². The van der Waals surface area contributed by atoms with Gasteiger partial charge in [-0.3, -0.25) is 4.79 Å². The molecule has 0 aromatic heterocycles. The summed E-state index contributed by atoms with van der Waals surface area (Å²) >= 11 is 0. The number of nitrogens with zero attached hydrogens (tertiary/aromatic N) is 1. The number of phenolic OH excluding ortho intramolecular Hbond substituents is 1. The van der Waals surface area contributed by atoms with E-state index in [4.69, 9.17) is 10.9 Å². The molecule has 1 amide bonds. The monoisotopic (exact) mass is 291 g/mol. The Morgan fingerprint density at radius 3 is 2.57 bits per heavy atom. The molecule has 0 unspecified atom stereocenters. The first-order valence-electron chi connectivity index (χ1n) is 7.07. The molecule has 1 aliphatic rings. The molecule has 1 saturated carbocycles. The second-order valence-electron chi connectivity index (χ2n) is 5.72. The van der Waals surface area contributed by atoms with Crippen LogP contribution in [0.2, 0.25) is 0 Å². The van der Waals surface area contributed by atoms with Crippen molar-refractivity contribution in [2.75, 3.05) is 0 Å². The number of nitrogens with two attached hydrogens (primary N) is 1.